The highest BCUT2D eigenvalue weighted by Gasteiger charge is 2.32. The summed E-state index contributed by atoms with van der Waals surface area (Å²) in [7, 11) is 0. The topological polar surface area (TPSA) is 93.7 Å². The Morgan fingerprint density at radius 3 is 2.74 bits per heavy atom. The zero-order valence-corrected chi connectivity index (χ0v) is 11.0. The number of nitro groups is 1. The summed E-state index contributed by atoms with van der Waals surface area (Å²) in [6, 6.07) is -0.240. The number of aryl methyl sites for hydroxylation is 1. The van der Waals surface area contributed by atoms with Crippen molar-refractivity contribution in [3.63, 3.8) is 0 Å². The summed E-state index contributed by atoms with van der Waals surface area (Å²) in [5, 5.41) is 21.3. The lowest BCUT2D eigenvalue weighted by Crippen LogP contribution is -2.46. The molecule has 0 saturated carbocycles. The zero-order chi connectivity index (χ0) is 14.0. The van der Waals surface area contributed by atoms with Crippen molar-refractivity contribution in [2.45, 2.75) is 26.1 Å². The van der Waals surface area contributed by atoms with Crippen LogP contribution in [0.5, 0.6) is 0 Å². The third-order valence-corrected chi connectivity index (χ3v) is 3.47. The molecular weight excluding hydrogens is 252 g/mol. The van der Waals surface area contributed by atoms with E-state index >= 15 is 0 Å². The second-order valence-corrected chi connectivity index (χ2v) is 4.59. The third kappa shape index (κ3) is 2.75. The molecule has 1 aliphatic heterocycles. The number of rotatable bonds is 4. The van der Waals surface area contributed by atoms with Crippen molar-refractivity contribution in [1.29, 1.82) is 0 Å². The van der Waals surface area contributed by atoms with Gasteiger partial charge in [-0.2, -0.15) is 4.57 Å². The Kier molecular flexibility index (Phi) is 4.13. The van der Waals surface area contributed by atoms with Crippen LogP contribution in [0.4, 0.5) is 5.82 Å². The van der Waals surface area contributed by atoms with Crippen LogP contribution in [0, 0.1) is 17.0 Å². The van der Waals surface area contributed by atoms with E-state index in [1.165, 1.54) is 10.8 Å². The van der Waals surface area contributed by atoms with Crippen LogP contribution in [-0.4, -0.2) is 56.8 Å². The predicted molar refractivity (Wildman–Crippen MR) is 66.7 cm³/mol. The van der Waals surface area contributed by atoms with Crippen molar-refractivity contribution in [3.8, 4) is 0 Å². The maximum absolute atomic E-state index is 10.9. The number of imidazole rings is 1. The molecule has 1 saturated heterocycles. The molecule has 1 fully saturated rings. The van der Waals surface area contributed by atoms with E-state index in [1.807, 2.05) is 6.92 Å². The first-order valence-electron chi connectivity index (χ1n) is 6.20. The molecule has 0 radical (unpaired) electrons. The fourth-order valence-corrected chi connectivity index (χ4v) is 2.29. The highest BCUT2D eigenvalue weighted by atomic mass is 16.6. The normalized spacial score (nSPS) is 20.2. The molecule has 1 N–H and O–H groups in total. The molecule has 106 valence electrons. The van der Waals surface area contributed by atoms with Crippen molar-refractivity contribution in [1.82, 2.24) is 14.5 Å². The Hall–Kier alpha value is -1.51. The molecule has 0 spiro atoms. The van der Waals surface area contributed by atoms with Crippen LogP contribution in [0.1, 0.15) is 19.0 Å². The molecule has 8 heteroatoms. The Morgan fingerprint density at radius 2 is 2.16 bits per heavy atom. The summed E-state index contributed by atoms with van der Waals surface area (Å²) in [5.41, 5.74) is 0. The minimum absolute atomic E-state index is 0.190. The van der Waals surface area contributed by atoms with Gasteiger partial charge in [-0.15, -0.1) is 0 Å². The van der Waals surface area contributed by atoms with E-state index in [-0.39, 0.29) is 11.9 Å². The van der Waals surface area contributed by atoms with Gasteiger partial charge in [0.05, 0.1) is 19.3 Å². The lowest BCUT2D eigenvalue weighted by molar-refractivity contribution is -0.394. The number of ether oxygens (including phenoxy) is 1. The van der Waals surface area contributed by atoms with Crippen molar-refractivity contribution in [3.05, 3.63) is 22.1 Å². The average molecular weight is 270 g/mol. The first-order valence-corrected chi connectivity index (χ1v) is 6.20. The molecule has 0 aromatic carbocycles. The molecule has 0 aliphatic carbocycles. The van der Waals surface area contributed by atoms with Gasteiger partial charge >= 0.3 is 5.82 Å². The molecule has 0 bridgehead atoms. The fourth-order valence-electron chi connectivity index (χ4n) is 2.29. The van der Waals surface area contributed by atoms with Gasteiger partial charge in [-0.25, -0.2) is 4.98 Å². The van der Waals surface area contributed by atoms with Crippen molar-refractivity contribution in [2.75, 3.05) is 26.3 Å². The Bertz CT molecular complexity index is 456. The minimum Gasteiger partial charge on any atom is -0.379 e. The predicted octanol–water partition coefficient (Wildman–Crippen LogP) is 0.311. The summed E-state index contributed by atoms with van der Waals surface area (Å²) >= 11 is 0. The van der Waals surface area contributed by atoms with E-state index in [1.54, 1.807) is 6.92 Å². The molecule has 0 amide bonds. The van der Waals surface area contributed by atoms with Crippen LogP contribution in [0.2, 0.25) is 0 Å². The highest BCUT2D eigenvalue weighted by Crippen LogP contribution is 2.23. The van der Waals surface area contributed by atoms with E-state index in [0.717, 1.165) is 0 Å². The third-order valence-electron chi connectivity index (χ3n) is 3.47. The van der Waals surface area contributed by atoms with E-state index in [0.29, 0.717) is 32.1 Å². The molecule has 2 unspecified atom stereocenters. The van der Waals surface area contributed by atoms with Crippen LogP contribution in [0.25, 0.3) is 0 Å². The molecule has 1 aromatic heterocycles. The maximum atomic E-state index is 10.9. The van der Waals surface area contributed by atoms with Crippen LogP contribution in [0.3, 0.4) is 0 Å². The zero-order valence-electron chi connectivity index (χ0n) is 11.0. The number of nitrogens with zero attached hydrogens (tertiary/aromatic N) is 4. The van der Waals surface area contributed by atoms with E-state index in [9.17, 15) is 15.2 Å². The molecule has 2 atom stereocenters. The summed E-state index contributed by atoms with van der Waals surface area (Å²) in [6.45, 7) is 6.13. The van der Waals surface area contributed by atoms with Gasteiger partial charge in [-0.05, 0) is 11.8 Å². The lowest BCUT2D eigenvalue weighted by atomic mass is 10.2. The van der Waals surface area contributed by atoms with Crippen LogP contribution < -0.4 is 0 Å². The molecule has 19 heavy (non-hydrogen) atoms. The Balaban J connectivity index is 2.20. The number of hydrogen-bond donors (Lipinski definition) is 1. The van der Waals surface area contributed by atoms with Crippen LogP contribution in [0.15, 0.2) is 6.20 Å². The Morgan fingerprint density at radius 1 is 1.53 bits per heavy atom. The van der Waals surface area contributed by atoms with Gasteiger partial charge < -0.3 is 20.0 Å². The van der Waals surface area contributed by atoms with E-state index in [4.69, 9.17) is 4.74 Å². The van der Waals surface area contributed by atoms with Crippen molar-refractivity contribution >= 4 is 5.82 Å². The standard InChI is InChI=1S/C11H18N4O4/c1-8(13-3-5-19-6-4-13)11(16)14-9(2)12-7-10(14)15(17)18/h7-8,11,16H,3-6H2,1-2H3. The second kappa shape index (κ2) is 5.64. The quantitative estimate of drug-likeness (QED) is 0.625. The van der Waals surface area contributed by atoms with Gasteiger partial charge in [0.1, 0.15) is 6.20 Å². The van der Waals surface area contributed by atoms with Gasteiger partial charge in [-0.1, -0.05) is 0 Å². The summed E-state index contributed by atoms with van der Waals surface area (Å²) in [5.74, 6) is 0.240. The summed E-state index contributed by atoms with van der Waals surface area (Å²) in [4.78, 5) is 16.4. The monoisotopic (exact) mass is 270 g/mol. The van der Waals surface area contributed by atoms with Gasteiger partial charge in [0.25, 0.3) is 0 Å². The van der Waals surface area contributed by atoms with Crippen LogP contribution >= 0.6 is 0 Å². The first kappa shape index (κ1) is 13.9. The molecule has 2 heterocycles. The number of hydrogen-bond acceptors (Lipinski definition) is 6. The summed E-state index contributed by atoms with van der Waals surface area (Å²) in [6.07, 6.45) is 0.172. The van der Waals surface area contributed by atoms with Crippen molar-refractivity contribution in [2.24, 2.45) is 0 Å². The fraction of sp³-hybridized carbons (Fsp3) is 0.727. The molecule has 2 rings (SSSR count). The molecule has 1 aliphatic rings. The number of morpholine rings is 1. The van der Waals surface area contributed by atoms with Gasteiger partial charge in [0, 0.05) is 20.0 Å². The van der Waals surface area contributed by atoms with Crippen molar-refractivity contribution < 1.29 is 14.8 Å². The first-order chi connectivity index (χ1) is 9.02. The molecule has 1 aromatic rings. The average Bonchev–Trinajstić information content (AvgIpc) is 2.80. The van der Waals surface area contributed by atoms with Crippen LogP contribution in [-0.2, 0) is 4.74 Å². The largest absolute Gasteiger partial charge is 0.379 e. The van der Waals surface area contributed by atoms with Gasteiger partial charge in [0.15, 0.2) is 5.82 Å². The summed E-state index contributed by atoms with van der Waals surface area (Å²) < 4.78 is 6.52. The number of aromatic nitrogens is 2. The SMILES string of the molecule is Cc1ncc([N+](=O)[O-])n1C(O)C(C)N1CCOCC1. The Labute approximate surface area is 110 Å². The number of aliphatic hydroxyl groups excluding tert-OH is 1. The second-order valence-electron chi connectivity index (χ2n) is 4.59. The number of aliphatic hydroxyl groups is 1. The van der Waals surface area contributed by atoms with Gasteiger partial charge in [0.2, 0.25) is 6.23 Å². The smallest absolute Gasteiger partial charge is 0.345 e. The lowest BCUT2D eigenvalue weighted by Gasteiger charge is -2.33. The minimum atomic E-state index is -0.999. The molecular formula is C11H18N4O4. The maximum Gasteiger partial charge on any atom is 0.345 e. The highest BCUT2D eigenvalue weighted by molar-refractivity contribution is 5.20. The van der Waals surface area contributed by atoms with Gasteiger partial charge in [-0.3, -0.25) is 4.90 Å². The van der Waals surface area contributed by atoms with E-state index < -0.39 is 11.2 Å². The van der Waals surface area contributed by atoms with E-state index in [2.05, 4.69) is 9.88 Å². The molecule has 8 nitrogen and oxygen atoms in total.